The van der Waals surface area contributed by atoms with Gasteiger partial charge in [0.25, 0.3) is 0 Å². The predicted molar refractivity (Wildman–Crippen MR) is 335 cm³/mol. The number of rotatable bonds is 8. The van der Waals surface area contributed by atoms with E-state index in [1.165, 1.54) is 0 Å². The van der Waals surface area contributed by atoms with Crippen LogP contribution in [-0.4, -0.2) is 32.8 Å². The van der Waals surface area contributed by atoms with Crippen LogP contribution in [0.2, 0.25) is 0 Å². The van der Waals surface area contributed by atoms with Crippen molar-refractivity contribution in [3.63, 3.8) is 0 Å². The highest BCUT2D eigenvalue weighted by atomic mass is 15.7. The summed E-state index contributed by atoms with van der Waals surface area (Å²) in [6.07, 6.45) is 0. The van der Waals surface area contributed by atoms with Crippen LogP contribution in [0.15, 0.2) is 279 Å². The van der Waals surface area contributed by atoms with E-state index in [0.717, 1.165) is 144 Å². The number of hydrogen-bond acceptors (Lipinski definition) is 3. The molecule has 9 heteroatoms. The first-order chi connectivity index (χ1) is 41.1. The minimum absolute atomic E-state index is 0.558. The van der Waals surface area contributed by atoms with Crippen LogP contribution in [0.3, 0.4) is 0 Å². The Morgan fingerprint density at radius 1 is 0.349 bits per heavy atom. The molecule has 0 aliphatic heterocycles. The van der Waals surface area contributed by atoms with Gasteiger partial charge in [0.1, 0.15) is 33.1 Å². The first kappa shape index (κ1) is 46.3. The quantitative estimate of drug-likeness (QED) is 0.142. The van der Waals surface area contributed by atoms with E-state index in [1.807, 2.05) is 16.9 Å². The second kappa shape index (κ2) is 18.2. The molecule has 0 fully saturated rings. The molecule has 12 aromatic carbocycles. The normalized spacial score (nSPS) is 11.8. The van der Waals surface area contributed by atoms with Gasteiger partial charge < -0.3 is 4.57 Å². The topological polar surface area (TPSA) is 77.3 Å². The average Bonchev–Trinajstić information content (AvgIpc) is 2.73. The van der Waals surface area contributed by atoms with E-state index >= 15 is 0 Å². The van der Waals surface area contributed by atoms with Gasteiger partial charge in [-0.3, -0.25) is 8.97 Å². The summed E-state index contributed by atoms with van der Waals surface area (Å²) in [5.74, 6) is 0.812. The van der Waals surface area contributed by atoms with Crippen molar-refractivity contribution in [2.24, 2.45) is 0 Å². The summed E-state index contributed by atoms with van der Waals surface area (Å²) in [7, 11) is 0. The molecule has 0 aliphatic rings. The van der Waals surface area contributed by atoms with Crippen LogP contribution in [0.25, 0.3) is 144 Å². The van der Waals surface area contributed by atoms with Crippen molar-refractivity contribution in [1.82, 2.24) is 32.8 Å². The molecule has 0 unspecified atom stereocenters. The van der Waals surface area contributed by atoms with Gasteiger partial charge in [0.2, 0.25) is 5.78 Å². The second-order valence-corrected chi connectivity index (χ2v) is 21.2. The maximum atomic E-state index is 12.2. The zero-order valence-corrected chi connectivity index (χ0v) is 44.6. The maximum Gasteiger partial charge on any atom is 0.220 e. The van der Waals surface area contributed by atoms with Crippen molar-refractivity contribution in [3.05, 3.63) is 285 Å². The molecular formula is C74H46N9+. The Morgan fingerprint density at radius 3 is 1.49 bits per heavy atom. The van der Waals surface area contributed by atoms with Crippen LogP contribution < -0.4 is 4.74 Å². The van der Waals surface area contributed by atoms with E-state index < -0.39 is 0 Å². The summed E-state index contributed by atoms with van der Waals surface area (Å²) in [6, 6.07) is 101. The van der Waals surface area contributed by atoms with E-state index in [4.69, 9.17) is 10.1 Å². The second-order valence-electron chi connectivity index (χ2n) is 21.2. The number of fused-ring (bicyclic) bond motifs is 13. The minimum Gasteiger partial charge on any atom is -0.307 e. The lowest BCUT2D eigenvalue weighted by Crippen LogP contribution is -2.38. The van der Waals surface area contributed by atoms with Gasteiger partial charge in [-0.2, -0.15) is 5.26 Å². The van der Waals surface area contributed by atoms with Crippen LogP contribution >= 0.6 is 0 Å². The summed E-state index contributed by atoms with van der Waals surface area (Å²) in [6.45, 7) is 0. The van der Waals surface area contributed by atoms with Crippen LogP contribution in [0.4, 0.5) is 0 Å². The number of nitriles is 1. The highest BCUT2D eigenvalue weighted by Crippen LogP contribution is 2.47. The van der Waals surface area contributed by atoms with Gasteiger partial charge >= 0.3 is 0 Å². The molecule has 0 aliphatic carbocycles. The Bertz CT molecular complexity index is 5440. The third kappa shape index (κ3) is 7.03. The van der Waals surface area contributed by atoms with Gasteiger partial charge in [0.15, 0.2) is 5.52 Å². The monoisotopic (exact) mass is 1060 g/mol. The predicted octanol–water partition coefficient (Wildman–Crippen LogP) is 17.1. The molecule has 0 radical (unpaired) electrons. The Balaban J connectivity index is 0.987. The van der Waals surface area contributed by atoms with Crippen molar-refractivity contribution >= 4 is 71.7 Å². The largest absolute Gasteiger partial charge is 0.307 e. The van der Waals surface area contributed by atoms with E-state index in [-0.39, 0.29) is 0 Å². The van der Waals surface area contributed by atoms with E-state index in [2.05, 4.69) is 296 Å². The molecule has 83 heavy (non-hydrogen) atoms. The van der Waals surface area contributed by atoms with Gasteiger partial charge in [-0.05, 0) is 136 Å². The molecule has 0 saturated heterocycles. The minimum atomic E-state index is 0.558. The number of imidazole rings is 2. The van der Waals surface area contributed by atoms with Crippen molar-refractivity contribution in [2.75, 3.05) is 0 Å². The van der Waals surface area contributed by atoms with Gasteiger partial charge in [-0.1, -0.05) is 197 Å². The lowest BCUT2D eigenvalue weighted by Gasteiger charge is -2.22. The molecule has 5 heterocycles. The summed E-state index contributed by atoms with van der Waals surface area (Å²) in [5.41, 5.74) is 23.0. The number of para-hydroxylation sites is 4. The maximum absolute atomic E-state index is 12.2. The third-order valence-electron chi connectivity index (χ3n) is 16.6. The molecule has 5 aromatic heterocycles. The molecular weight excluding hydrogens is 1010 g/mol. The zero-order valence-electron chi connectivity index (χ0n) is 44.6. The van der Waals surface area contributed by atoms with Gasteiger partial charge in [0, 0.05) is 27.6 Å². The molecule has 17 rings (SSSR count). The van der Waals surface area contributed by atoms with Crippen molar-refractivity contribution in [3.8, 4) is 78.8 Å². The van der Waals surface area contributed by atoms with Gasteiger partial charge in [-0.25, -0.2) is 4.98 Å². The van der Waals surface area contributed by atoms with Crippen molar-refractivity contribution < 1.29 is 4.74 Å². The van der Waals surface area contributed by atoms with E-state index in [0.29, 0.717) is 5.56 Å². The van der Waals surface area contributed by atoms with Crippen LogP contribution in [0.5, 0.6) is 0 Å². The summed E-state index contributed by atoms with van der Waals surface area (Å²) in [5, 5.41) is 19.8. The molecule has 9 nitrogen and oxygen atoms in total. The summed E-state index contributed by atoms with van der Waals surface area (Å²) >= 11 is 0. The number of benzene rings is 12. The summed E-state index contributed by atoms with van der Waals surface area (Å²) < 4.78 is 13.3. The highest BCUT2D eigenvalue weighted by Gasteiger charge is 2.30. The molecule has 0 saturated carbocycles. The van der Waals surface area contributed by atoms with Gasteiger partial charge in [0.05, 0.1) is 49.4 Å². The lowest BCUT2D eigenvalue weighted by atomic mass is 9.85. The smallest absolute Gasteiger partial charge is 0.220 e. The first-order valence-electron chi connectivity index (χ1n) is 27.9. The number of nitrogens with zero attached hydrogens (tertiary/aromatic N) is 9. The molecule has 0 spiro atoms. The van der Waals surface area contributed by atoms with Crippen molar-refractivity contribution in [2.45, 2.75) is 0 Å². The standard InChI is InChI=1S/C74H46N9/c75-47-61-72(50-24-10-3-11-25-50)59(53-35-39-63-69(45-53)82-71-43-52(49-22-8-2-9-23-49)37-41-67(71)81(83(82)77-63)56-28-14-5-15-29-56)46-60(73(61)79-64-32-18-16-30-57(64)58-31-17-19-33-65(58)79)54-34-38-62-68(44-54)80-70-42-51(48-20-6-1-7-21-48)36-40-66(70)78(74(80)76-62)55-26-12-4-13-27-55/h1-46H/q+1. The average molecular weight is 1060 g/mol. The van der Waals surface area contributed by atoms with Crippen molar-refractivity contribution in [1.29, 1.82) is 5.26 Å². The van der Waals surface area contributed by atoms with Gasteiger partial charge in [-0.15, -0.1) is 0 Å². The van der Waals surface area contributed by atoms with Crippen LogP contribution in [0.1, 0.15) is 5.56 Å². The molecule has 0 bridgehead atoms. The Kier molecular flexibility index (Phi) is 10.2. The Hall–Kier alpha value is -11.6. The fourth-order valence-electron chi connectivity index (χ4n) is 12.9. The molecule has 17 aromatic rings. The molecule has 386 valence electrons. The third-order valence-corrected chi connectivity index (χ3v) is 16.6. The molecule has 0 N–H and O–H groups in total. The lowest BCUT2D eigenvalue weighted by molar-refractivity contribution is -0.739. The number of hydrogen-bond donors (Lipinski definition) is 0. The fraction of sp³-hybridized carbons (Fsp3) is 0. The van der Waals surface area contributed by atoms with Crippen LogP contribution in [-0.2, 0) is 0 Å². The highest BCUT2D eigenvalue weighted by molar-refractivity contribution is 6.11. The number of aromatic nitrogens is 8. The van der Waals surface area contributed by atoms with E-state index in [9.17, 15) is 5.26 Å². The zero-order chi connectivity index (χ0) is 54.7. The SMILES string of the molecule is N#Cc1c(-c2ccccc2)c(-c2ccc3n[n+]4n(-c5ccccc5)c5ccc(-c6ccccc6)cc5n4c3c2)cc(-c2ccc3nc4n(-c5ccccc5)c5ccc(-c6ccccc6)cc5n4c3c2)c1-n1c2ccccc2c2ccccc21. The van der Waals surface area contributed by atoms with Crippen LogP contribution in [0, 0.1) is 11.3 Å². The van der Waals surface area contributed by atoms with E-state index in [1.54, 1.807) is 0 Å². The fourth-order valence-corrected chi connectivity index (χ4v) is 12.9. The Labute approximate surface area is 475 Å². The molecule has 0 amide bonds. The summed E-state index contributed by atoms with van der Waals surface area (Å²) in [4.78, 5) is 5.44. The first-order valence-corrected chi connectivity index (χ1v) is 27.9. The Morgan fingerprint density at radius 2 is 0.855 bits per heavy atom. The molecule has 0 atom stereocenters.